The molecule has 3 aromatic carbocycles. The molecule has 0 unspecified atom stereocenters. The highest BCUT2D eigenvalue weighted by atomic mass is 16.3. The van der Waals surface area contributed by atoms with Crippen molar-refractivity contribution in [2.45, 2.75) is 77.5 Å². The highest BCUT2D eigenvalue weighted by Crippen LogP contribution is 2.27. The van der Waals surface area contributed by atoms with Gasteiger partial charge in [-0.15, -0.1) is 0 Å². The molecule has 1 aromatic heterocycles. The summed E-state index contributed by atoms with van der Waals surface area (Å²) in [7, 11) is 0. The zero-order valence-electron chi connectivity index (χ0n) is 23.1. The van der Waals surface area contributed by atoms with E-state index in [1.54, 1.807) is 0 Å². The van der Waals surface area contributed by atoms with Crippen molar-refractivity contribution in [1.29, 1.82) is 0 Å². The van der Waals surface area contributed by atoms with E-state index in [0.29, 0.717) is 6.04 Å². The van der Waals surface area contributed by atoms with E-state index in [4.69, 9.17) is 9.41 Å². The maximum Gasteiger partial charge on any atom is 0.297 e. The summed E-state index contributed by atoms with van der Waals surface area (Å²) in [6.07, 6.45) is 10.8. The number of aromatic nitrogens is 1. The second kappa shape index (κ2) is 11.9. The van der Waals surface area contributed by atoms with Gasteiger partial charge in [0.2, 0.25) is 0 Å². The number of hydrogen-bond acceptors (Lipinski definition) is 3. The van der Waals surface area contributed by atoms with Crippen molar-refractivity contribution >= 4 is 17.3 Å². The molecular formula is C35H39N3O. The summed E-state index contributed by atoms with van der Waals surface area (Å²) in [4.78, 5) is 7.54. The molecule has 0 radical (unpaired) electrons. The Morgan fingerprint density at radius 1 is 0.821 bits per heavy atom. The first-order valence-corrected chi connectivity index (χ1v) is 14.7. The van der Waals surface area contributed by atoms with Gasteiger partial charge in [0.05, 0.1) is 11.4 Å². The molecule has 6 rings (SSSR count). The van der Waals surface area contributed by atoms with Crippen LogP contribution in [0.5, 0.6) is 0 Å². The fourth-order valence-electron chi connectivity index (χ4n) is 5.73. The van der Waals surface area contributed by atoms with Crippen molar-refractivity contribution < 1.29 is 4.42 Å². The molecule has 2 aliphatic carbocycles. The van der Waals surface area contributed by atoms with Gasteiger partial charge in [-0.3, -0.25) is 4.57 Å². The van der Waals surface area contributed by atoms with Crippen LogP contribution in [0.15, 0.2) is 94.3 Å². The number of anilines is 1. The molecule has 0 N–H and O–H groups in total. The van der Waals surface area contributed by atoms with E-state index in [2.05, 4.69) is 107 Å². The normalized spacial score (nSPS) is 16.6. The standard InChI is InChI=1S/C35H39N3O/c1-2-38-34(30-20-21-30)33(39-35(38)36-31-16-10-5-11-17-31)24-27-18-22-32(23-19-27)37(25-28-12-6-3-7-13-28)26-29-14-8-4-9-15-29/h3-4,6-9,12-15,18-19,22-24,31H,2,5,10-11,16-17,20-21,25-26H2,1H3/b33-24+,36-35?. The lowest BCUT2D eigenvalue weighted by molar-refractivity contribution is 0.386. The van der Waals surface area contributed by atoms with Crippen LogP contribution in [0.3, 0.4) is 0 Å². The lowest BCUT2D eigenvalue weighted by atomic mass is 9.96. The number of nitrogens with zero attached hydrogens (tertiary/aromatic N) is 3. The van der Waals surface area contributed by atoms with Crippen molar-refractivity contribution in [2.24, 2.45) is 4.99 Å². The van der Waals surface area contributed by atoms with E-state index < -0.39 is 0 Å². The Bertz CT molecular complexity index is 1510. The van der Waals surface area contributed by atoms with Gasteiger partial charge in [0.25, 0.3) is 5.68 Å². The lowest BCUT2D eigenvalue weighted by Crippen LogP contribution is -2.33. The molecule has 4 nitrogen and oxygen atoms in total. The highest BCUT2D eigenvalue weighted by Gasteiger charge is 2.19. The molecule has 2 fully saturated rings. The molecule has 0 amide bonds. The largest absolute Gasteiger partial charge is 0.423 e. The smallest absolute Gasteiger partial charge is 0.297 e. The molecule has 4 heteroatoms. The van der Waals surface area contributed by atoms with Gasteiger partial charge in [0.15, 0.2) is 5.42 Å². The zero-order chi connectivity index (χ0) is 26.4. The number of hydrogen-bond donors (Lipinski definition) is 0. The molecule has 0 saturated heterocycles. The first-order valence-electron chi connectivity index (χ1n) is 14.7. The summed E-state index contributed by atoms with van der Waals surface area (Å²) in [6, 6.07) is 30.7. The third kappa shape index (κ3) is 6.27. The van der Waals surface area contributed by atoms with Crippen LogP contribution in [0.1, 0.15) is 68.6 Å². The fourth-order valence-corrected chi connectivity index (χ4v) is 5.73. The Hall–Kier alpha value is -3.79. The summed E-state index contributed by atoms with van der Waals surface area (Å²) >= 11 is 0. The summed E-state index contributed by atoms with van der Waals surface area (Å²) in [5.41, 5.74) is 8.24. The van der Waals surface area contributed by atoms with Crippen LogP contribution in [-0.4, -0.2) is 10.6 Å². The molecule has 200 valence electrons. The molecule has 4 aromatic rings. The highest BCUT2D eigenvalue weighted by molar-refractivity contribution is 5.59. The van der Waals surface area contributed by atoms with Crippen LogP contribution < -0.4 is 21.3 Å². The van der Waals surface area contributed by atoms with Gasteiger partial charge in [-0.25, -0.2) is 4.99 Å². The van der Waals surface area contributed by atoms with Crippen LogP contribution >= 0.6 is 0 Å². The SMILES string of the molecule is CCn1c(=NC2CCCCC2)o/c(=C/c2ccc(N(Cc3ccccc3)Cc3ccccc3)cc2)c1=C1CC1. The first-order chi connectivity index (χ1) is 19.3. The fraction of sp³-hybridized carbons (Fsp3) is 0.343. The van der Waals surface area contributed by atoms with Gasteiger partial charge in [0, 0.05) is 25.3 Å². The third-order valence-corrected chi connectivity index (χ3v) is 7.94. The van der Waals surface area contributed by atoms with E-state index in [1.807, 2.05) is 0 Å². The number of benzene rings is 3. The molecular weight excluding hydrogens is 478 g/mol. The molecule has 0 spiro atoms. The summed E-state index contributed by atoms with van der Waals surface area (Å²) < 4.78 is 8.79. The summed E-state index contributed by atoms with van der Waals surface area (Å²) in [6.45, 7) is 4.81. The van der Waals surface area contributed by atoms with Gasteiger partial charge >= 0.3 is 0 Å². The Labute approximate surface area is 231 Å². The van der Waals surface area contributed by atoms with Crippen molar-refractivity contribution in [1.82, 2.24) is 4.57 Å². The van der Waals surface area contributed by atoms with E-state index >= 15 is 0 Å². The Balaban J connectivity index is 1.33. The molecule has 0 aliphatic heterocycles. The minimum absolute atomic E-state index is 0.395. The second-order valence-electron chi connectivity index (χ2n) is 10.9. The molecule has 39 heavy (non-hydrogen) atoms. The van der Waals surface area contributed by atoms with Gasteiger partial charge in [-0.2, -0.15) is 0 Å². The Morgan fingerprint density at radius 3 is 2.00 bits per heavy atom. The third-order valence-electron chi connectivity index (χ3n) is 7.94. The molecule has 2 aliphatic rings. The van der Waals surface area contributed by atoms with E-state index in [-0.39, 0.29) is 0 Å². The summed E-state index contributed by atoms with van der Waals surface area (Å²) in [5.74, 6) is 0. The van der Waals surface area contributed by atoms with Crippen LogP contribution in [0, 0.1) is 0 Å². The van der Waals surface area contributed by atoms with Crippen LogP contribution in [0.2, 0.25) is 0 Å². The van der Waals surface area contributed by atoms with Crippen LogP contribution in [-0.2, 0) is 19.6 Å². The number of rotatable bonds is 8. The Morgan fingerprint density at radius 2 is 1.44 bits per heavy atom. The second-order valence-corrected chi connectivity index (χ2v) is 10.9. The van der Waals surface area contributed by atoms with Gasteiger partial charge in [0.1, 0.15) is 0 Å². The van der Waals surface area contributed by atoms with Gasteiger partial charge in [-0.05, 0) is 73.1 Å². The van der Waals surface area contributed by atoms with E-state index in [1.165, 1.54) is 59.8 Å². The molecule has 0 atom stereocenters. The van der Waals surface area contributed by atoms with Crippen molar-refractivity contribution in [3.05, 3.63) is 118 Å². The average Bonchev–Trinajstić information content (AvgIpc) is 3.77. The topological polar surface area (TPSA) is 33.7 Å². The minimum Gasteiger partial charge on any atom is -0.423 e. The quantitative estimate of drug-likeness (QED) is 0.274. The average molecular weight is 518 g/mol. The zero-order valence-corrected chi connectivity index (χ0v) is 23.1. The Kier molecular flexibility index (Phi) is 7.80. The van der Waals surface area contributed by atoms with Crippen molar-refractivity contribution in [2.75, 3.05) is 4.90 Å². The predicted molar refractivity (Wildman–Crippen MR) is 159 cm³/mol. The van der Waals surface area contributed by atoms with Crippen LogP contribution in [0.4, 0.5) is 5.69 Å². The van der Waals surface area contributed by atoms with Crippen molar-refractivity contribution in [3.63, 3.8) is 0 Å². The summed E-state index contributed by atoms with van der Waals surface area (Å²) in [5, 5.41) is 1.26. The van der Waals surface area contributed by atoms with E-state index in [0.717, 1.165) is 49.1 Å². The monoisotopic (exact) mass is 517 g/mol. The number of oxazole rings is 1. The predicted octanol–water partition coefficient (Wildman–Crippen LogP) is 6.31. The van der Waals surface area contributed by atoms with E-state index in [9.17, 15) is 0 Å². The van der Waals surface area contributed by atoms with Crippen molar-refractivity contribution in [3.8, 4) is 0 Å². The molecule has 0 bridgehead atoms. The maximum atomic E-state index is 6.49. The molecule has 1 heterocycles. The van der Waals surface area contributed by atoms with Gasteiger partial charge in [-0.1, -0.05) is 92.1 Å². The van der Waals surface area contributed by atoms with Crippen LogP contribution in [0.25, 0.3) is 11.6 Å². The maximum absolute atomic E-state index is 6.49. The molecule has 2 saturated carbocycles. The minimum atomic E-state index is 0.395. The lowest BCUT2D eigenvalue weighted by Gasteiger charge is -2.25. The first kappa shape index (κ1) is 25.5. The van der Waals surface area contributed by atoms with Gasteiger partial charge < -0.3 is 9.32 Å².